The van der Waals surface area contributed by atoms with E-state index in [-0.39, 0.29) is 5.97 Å². The Balaban J connectivity index is 3.01. The smallest absolute Gasteiger partial charge is 0.302 e. The standard InChI is InChI=1S/C16H29IO2/c1-16(18)19-15-13-11-9-7-5-3-2-4-6-8-10-12-14-17/h8,10H,2-7,9,11-15H2,1H3/b10-8+. The minimum atomic E-state index is -0.160. The van der Waals surface area contributed by atoms with Gasteiger partial charge in [0.2, 0.25) is 0 Å². The quantitative estimate of drug-likeness (QED) is 0.140. The maximum absolute atomic E-state index is 10.5. The van der Waals surface area contributed by atoms with Crippen molar-refractivity contribution in [3.05, 3.63) is 12.2 Å². The number of esters is 1. The molecule has 0 spiro atoms. The van der Waals surface area contributed by atoms with E-state index in [1.165, 1.54) is 69.1 Å². The van der Waals surface area contributed by atoms with E-state index in [0.29, 0.717) is 6.61 Å². The molecule has 0 heterocycles. The highest BCUT2D eigenvalue weighted by Crippen LogP contribution is 2.10. The summed E-state index contributed by atoms with van der Waals surface area (Å²) in [4.78, 5) is 10.5. The van der Waals surface area contributed by atoms with Crippen LogP contribution in [0.4, 0.5) is 0 Å². The predicted molar refractivity (Wildman–Crippen MR) is 90.8 cm³/mol. The fourth-order valence-corrected chi connectivity index (χ4v) is 2.30. The average Bonchev–Trinajstić information content (AvgIpc) is 2.39. The Labute approximate surface area is 132 Å². The molecule has 3 heteroatoms. The lowest BCUT2D eigenvalue weighted by molar-refractivity contribution is -0.141. The average molecular weight is 380 g/mol. The minimum absolute atomic E-state index is 0.160. The van der Waals surface area contributed by atoms with Crippen LogP contribution in [0.3, 0.4) is 0 Å². The number of ether oxygens (including phenoxy) is 1. The molecular formula is C16H29IO2. The normalized spacial score (nSPS) is 11.1. The van der Waals surface area contributed by atoms with E-state index in [1.807, 2.05) is 0 Å². The SMILES string of the molecule is CC(=O)OCCCCCCCCCC/C=C/CCI. The molecule has 0 saturated heterocycles. The Bertz CT molecular complexity index is 227. The van der Waals surface area contributed by atoms with Crippen LogP contribution in [-0.2, 0) is 9.53 Å². The predicted octanol–water partition coefficient (Wildman–Crippen LogP) is 5.44. The summed E-state index contributed by atoms with van der Waals surface area (Å²) in [5, 5.41) is 0. The maximum Gasteiger partial charge on any atom is 0.302 e. The molecule has 0 aliphatic carbocycles. The second-order valence-corrected chi connectivity index (χ2v) is 5.98. The Morgan fingerprint density at radius 1 is 0.895 bits per heavy atom. The molecule has 0 atom stereocenters. The largest absolute Gasteiger partial charge is 0.466 e. The van der Waals surface area contributed by atoms with Crippen LogP contribution < -0.4 is 0 Å². The minimum Gasteiger partial charge on any atom is -0.466 e. The number of alkyl halides is 1. The van der Waals surface area contributed by atoms with Crippen LogP contribution in [0.5, 0.6) is 0 Å². The molecule has 0 N–H and O–H groups in total. The van der Waals surface area contributed by atoms with Gasteiger partial charge in [0.15, 0.2) is 0 Å². The number of carbonyl (C=O) groups excluding carboxylic acids is 1. The number of hydrogen-bond acceptors (Lipinski definition) is 2. The number of carbonyl (C=O) groups is 1. The van der Waals surface area contributed by atoms with Crippen LogP contribution in [0.1, 0.15) is 71.1 Å². The molecule has 112 valence electrons. The van der Waals surface area contributed by atoms with Gasteiger partial charge in [0.25, 0.3) is 0 Å². The highest BCUT2D eigenvalue weighted by molar-refractivity contribution is 14.1. The lowest BCUT2D eigenvalue weighted by atomic mass is 10.1. The molecule has 0 amide bonds. The first kappa shape index (κ1) is 18.9. The van der Waals surface area contributed by atoms with Crippen LogP contribution in [-0.4, -0.2) is 17.0 Å². The number of unbranched alkanes of at least 4 members (excludes halogenated alkanes) is 8. The molecule has 0 radical (unpaired) electrons. The summed E-state index contributed by atoms with van der Waals surface area (Å²) >= 11 is 2.41. The molecule has 0 aromatic rings. The van der Waals surface area contributed by atoms with Gasteiger partial charge in [-0.2, -0.15) is 0 Å². The summed E-state index contributed by atoms with van der Waals surface area (Å²) in [6.45, 7) is 2.07. The zero-order valence-corrected chi connectivity index (χ0v) is 14.5. The van der Waals surface area contributed by atoms with Gasteiger partial charge in [0.05, 0.1) is 6.61 Å². The van der Waals surface area contributed by atoms with Gasteiger partial charge in [-0.05, 0) is 25.7 Å². The molecule has 0 unspecified atom stereocenters. The fourth-order valence-electron chi connectivity index (χ4n) is 1.94. The molecule has 2 nitrogen and oxygen atoms in total. The van der Waals surface area contributed by atoms with Crippen molar-refractivity contribution in [2.24, 2.45) is 0 Å². The third kappa shape index (κ3) is 17.9. The summed E-state index contributed by atoms with van der Waals surface area (Å²) < 4.78 is 6.12. The second kappa shape index (κ2) is 16.0. The Kier molecular flexibility index (Phi) is 15.9. The zero-order valence-electron chi connectivity index (χ0n) is 12.3. The van der Waals surface area contributed by atoms with Crippen LogP contribution in [0.2, 0.25) is 0 Å². The van der Waals surface area contributed by atoms with E-state index in [1.54, 1.807) is 0 Å². The van der Waals surface area contributed by atoms with E-state index in [4.69, 9.17) is 4.74 Å². The van der Waals surface area contributed by atoms with Crippen molar-refractivity contribution in [1.82, 2.24) is 0 Å². The van der Waals surface area contributed by atoms with Crippen molar-refractivity contribution in [2.75, 3.05) is 11.0 Å². The Morgan fingerprint density at radius 2 is 1.42 bits per heavy atom. The van der Waals surface area contributed by atoms with E-state index in [0.717, 1.165) is 6.42 Å². The number of halogens is 1. The lowest BCUT2D eigenvalue weighted by Gasteiger charge is -2.02. The van der Waals surface area contributed by atoms with Gasteiger partial charge in [0, 0.05) is 11.4 Å². The van der Waals surface area contributed by atoms with Crippen LogP contribution in [0.25, 0.3) is 0 Å². The van der Waals surface area contributed by atoms with Crippen molar-refractivity contribution >= 4 is 28.6 Å². The van der Waals surface area contributed by atoms with E-state index in [2.05, 4.69) is 34.7 Å². The summed E-state index contributed by atoms with van der Waals surface area (Å²) in [5.74, 6) is -0.160. The van der Waals surface area contributed by atoms with Gasteiger partial charge in [-0.15, -0.1) is 0 Å². The molecular weight excluding hydrogens is 351 g/mol. The molecule has 0 aromatic carbocycles. The first-order valence-corrected chi connectivity index (χ1v) is 9.14. The van der Waals surface area contributed by atoms with Gasteiger partial charge >= 0.3 is 5.97 Å². The van der Waals surface area contributed by atoms with E-state index in [9.17, 15) is 4.79 Å². The first-order chi connectivity index (χ1) is 9.27. The van der Waals surface area contributed by atoms with E-state index < -0.39 is 0 Å². The van der Waals surface area contributed by atoms with Crippen molar-refractivity contribution in [3.8, 4) is 0 Å². The van der Waals surface area contributed by atoms with Gasteiger partial charge in [-0.3, -0.25) is 4.79 Å². The molecule has 0 aliphatic rings. The van der Waals surface area contributed by atoms with Crippen molar-refractivity contribution in [1.29, 1.82) is 0 Å². The zero-order chi connectivity index (χ0) is 14.2. The van der Waals surface area contributed by atoms with Crippen LogP contribution in [0.15, 0.2) is 12.2 Å². The topological polar surface area (TPSA) is 26.3 Å². The van der Waals surface area contributed by atoms with Gasteiger partial charge < -0.3 is 4.74 Å². The highest BCUT2D eigenvalue weighted by atomic mass is 127. The van der Waals surface area contributed by atoms with Crippen molar-refractivity contribution in [2.45, 2.75) is 71.1 Å². The second-order valence-electron chi connectivity index (χ2n) is 4.91. The molecule has 0 aromatic heterocycles. The van der Waals surface area contributed by atoms with Crippen LogP contribution >= 0.6 is 22.6 Å². The number of hydrogen-bond donors (Lipinski definition) is 0. The van der Waals surface area contributed by atoms with Crippen molar-refractivity contribution < 1.29 is 9.53 Å². The third-order valence-corrected chi connectivity index (χ3v) is 3.64. The van der Waals surface area contributed by atoms with Crippen molar-refractivity contribution in [3.63, 3.8) is 0 Å². The monoisotopic (exact) mass is 380 g/mol. The highest BCUT2D eigenvalue weighted by Gasteiger charge is 1.94. The maximum atomic E-state index is 10.5. The molecule has 19 heavy (non-hydrogen) atoms. The summed E-state index contributed by atoms with van der Waals surface area (Å²) in [5.41, 5.74) is 0. The molecule has 0 rings (SSSR count). The number of rotatable bonds is 13. The molecule has 0 saturated carbocycles. The summed E-state index contributed by atoms with van der Waals surface area (Å²) in [6, 6.07) is 0. The first-order valence-electron chi connectivity index (χ1n) is 7.61. The summed E-state index contributed by atoms with van der Waals surface area (Å²) in [6.07, 6.45) is 17.3. The Morgan fingerprint density at radius 3 is 2.00 bits per heavy atom. The van der Waals surface area contributed by atoms with Crippen LogP contribution in [0, 0.1) is 0 Å². The summed E-state index contributed by atoms with van der Waals surface area (Å²) in [7, 11) is 0. The number of allylic oxidation sites excluding steroid dienone is 2. The van der Waals surface area contributed by atoms with Gasteiger partial charge in [0.1, 0.15) is 0 Å². The molecule has 0 bridgehead atoms. The third-order valence-electron chi connectivity index (χ3n) is 3.01. The van der Waals surface area contributed by atoms with Gasteiger partial charge in [-0.1, -0.05) is 73.3 Å². The molecule has 0 aliphatic heterocycles. The van der Waals surface area contributed by atoms with E-state index >= 15 is 0 Å². The van der Waals surface area contributed by atoms with Gasteiger partial charge in [-0.25, -0.2) is 0 Å². The Hall–Kier alpha value is -0.0600. The fraction of sp³-hybridized carbons (Fsp3) is 0.812. The lowest BCUT2D eigenvalue weighted by Crippen LogP contribution is -2.00. The molecule has 0 fully saturated rings.